The van der Waals surface area contributed by atoms with Crippen molar-refractivity contribution < 1.29 is 5.11 Å². The summed E-state index contributed by atoms with van der Waals surface area (Å²) in [7, 11) is 0. The van der Waals surface area contributed by atoms with E-state index in [4.69, 9.17) is 0 Å². The van der Waals surface area contributed by atoms with E-state index in [-0.39, 0.29) is 0 Å². The molecule has 1 atom stereocenters. The van der Waals surface area contributed by atoms with Gasteiger partial charge in [-0.05, 0) is 12.0 Å². The predicted molar refractivity (Wildman–Crippen MR) is 61.5 cm³/mol. The van der Waals surface area contributed by atoms with E-state index in [0.29, 0.717) is 11.7 Å². The first-order chi connectivity index (χ1) is 7.36. The van der Waals surface area contributed by atoms with E-state index in [1.54, 1.807) is 0 Å². The second kappa shape index (κ2) is 3.13. The maximum Gasteiger partial charge on any atom is 0.126 e. The molecule has 1 nitrogen and oxygen atoms in total. The van der Waals surface area contributed by atoms with Crippen LogP contribution in [-0.4, -0.2) is 5.11 Å². The minimum absolute atomic E-state index is 0.352. The lowest BCUT2D eigenvalue weighted by atomic mass is 9.80. The second-order valence-corrected chi connectivity index (χ2v) is 4.02. The van der Waals surface area contributed by atoms with Crippen molar-refractivity contribution in [2.75, 3.05) is 0 Å². The Bertz CT molecular complexity index is 492. The summed E-state index contributed by atoms with van der Waals surface area (Å²) in [4.78, 5) is 0. The third-order valence-corrected chi connectivity index (χ3v) is 3.12. The molecule has 2 aliphatic carbocycles. The van der Waals surface area contributed by atoms with E-state index in [0.717, 1.165) is 17.6 Å². The van der Waals surface area contributed by atoms with E-state index >= 15 is 0 Å². The van der Waals surface area contributed by atoms with E-state index in [2.05, 4.69) is 18.2 Å². The second-order valence-electron chi connectivity index (χ2n) is 4.02. The number of hydrogen-bond acceptors (Lipinski definition) is 1. The number of benzene rings is 1. The number of aliphatic hydroxyl groups excluding tert-OH is 1. The molecule has 0 spiro atoms. The standard InChI is InChI=1S/C14H12O/c15-14-12-7-3-1-5-10(12)9-11-6-2-4-8-13(11)14/h1-8,10,15H,9H2. The molecule has 0 heterocycles. The summed E-state index contributed by atoms with van der Waals surface area (Å²) in [5.41, 5.74) is 3.28. The normalized spacial score (nSPS) is 22.5. The molecular weight excluding hydrogens is 184 g/mol. The molecule has 3 rings (SSSR count). The molecule has 0 aliphatic heterocycles. The highest BCUT2D eigenvalue weighted by atomic mass is 16.3. The van der Waals surface area contributed by atoms with Crippen molar-refractivity contribution in [2.45, 2.75) is 6.42 Å². The molecule has 1 aromatic carbocycles. The Hall–Kier alpha value is -1.76. The van der Waals surface area contributed by atoms with Crippen molar-refractivity contribution in [2.24, 2.45) is 5.92 Å². The summed E-state index contributed by atoms with van der Waals surface area (Å²) in [6.45, 7) is 0. The summed E-state index contributed by atoms with van der Waals surface area (Å²) in [5.74, 6) is 0.798. The van der Waals surface area contributed by atoms with E-state index in [9.17, 15) is 5.11 Å². The molecule has 74 valence electrons. The maximum atomic E-state index is 10.2. The van der Waals surface area contributed by atoms with Crippen molar-refractivity contribution >= 4 is 5.76 Å². The van der Waals surface area contributed by atoms with Gasteiger partial charge in [0.25, 0.3) is 0 Å². The Balaban J connectivity index is 2.21. The molecule has 0 amide bonds. The molecule has 0 bridgehead atoms. The third kappa shape index (κ3) is 1.23. The number of aliphatic hydroxyl groups is 1. The largest absolute Gasteiger partial charge is 0.507 e. The average Bonchev–Trinajstić information content (AvgIpc) is 2.30. The SMILES string of the molecule is OC1=C2C=CC=CC2Cc2ccccc21. The van der Waals surface area contributed by atoms with Crippen molar-refractivity contribution in [1.29, 1.82) is 0 Å². The molecule has 0 fully saturated rings. The van der Waals surface area contributed by atoms with Crippen LogP contribution in [0.5, 0.6) is 0 Å². The van der Waals surface area contributed by atoms with Gasteiger partial charge in [-0.1, -0.05) is 48.6 Å². The highest BCUT2D eigenvalue weighted by Gasteiger charge is 2.24. The Morgan fingerprint density at radius 2 is 2.00 bits per heavy atom. The molecule has 1 N–H and O–H groups in total. The van der Waals surface area contributed by atoms with Gasteiger partial charge in [-0.15, -0.1) is 0 Å². The fourth-order valence-electron chi connectivity index (χ4n) is 2.34. The molecule has 15 heavy (non-hydrogen) atoms. The number of hydrogen-bond donors (Lipinski definition) is 1. The lowest BCUT2D eigenvalue weighted by Gasteiger charge is -2.25. The van der Waals surface area contributed by atoms with Crippen molar-refractivity contribution in [3.8, 4) is 0 Å². The van der Waals surface area contributed by atoms with E-state index < -0.39 is 0 Å². The third-order valence-electron chi connectivity index (χ3n) is 3.12. The molecule has 2 aliphatic rings. The van der Waals surface area contributed by atoms with Crippen LogP contribution in [0, 0.1) is 5.92 Å². The molecule has 1 unspecified atom stereocenters. The first kappa shape index (κ1) is 8.54. The zero-order valence-electron chi connectivity index (χ0n) is 8.35. The lowest BCUT2D eigenvalue weighted by molar-refractivity contribution is 0.493. The minimum atomic E-state index is 0.352. The van der Waals surface area contributed by atoms with Crippen LogP contribution in [0.3, 0.4) is 0 Å². The van der Waals surface area contributed by atoms with Crippen LogP contribution in [0.15, 0.2) is 54.1 Å². The fraction of sp³-hybridized carbons (Fsp3) is 0.143. The van der Waals surface area contributed by atoms with Crippen LogP contribution in [0.2, 0.25) is 0 Å². The highest BCUT2D eigenvalue weighted by molar-refractivity contribution is 5.71. The monoisotopic (exact) mass is 196 g/mol. The molecule has 1 aromatic rings. The molecule has 1 heteroatoms. The van der Waals surface area contributed by atoms with Gasteiger partial charge < -0.3 is 5.11 Å². The highest BCUT2D eigenvalue weighted by Crippen LogP contribution is 2.36. The summed E-state index contributed by atoms with van der Waals surface area (Å²) >= 11 is 0. The van der Waals surface area contributed by atoms with Crippen LogP contribution >= 0.6 is 0 Å². The summed E-state index contributed by atoms with van der Waals surface area (Å²) in [6, 6.07) is 8.08. The fourth-order valence-corrected chi connectivity index (χ4v) is 2.34. The molecule has 0 saturated carbocycles. The molecular formula is C14H12O. The number of rotatable bonds is 0. The van der Waals surface area contributed by atoms with Gasteiger partial charge in [-0.25, -0.2) is 0 Å². The predicted octanol–water partition coefficient (Wildman–Crippen LogP) is 3.25. The van der Waals surface area contributed by atoms with Crippen LogP contribution in [0.1, 0.15) is 11.1 Å². The lowest BCUT2D eigenvalue weighted by Crippen LogP contribution is -2.14. The van der Waals surface area contributed by atoms with Gasteiger partial charge >= 0.3 is 0 Å². The van der Waals surface area contributed by atoms with Gasteiger partial charge in [0.2, 0.25) is 0 Å². The minimum Gasteiger partial charge on any atom is -0.507 e. The van der Waals surface area contributed by atoms with Crippen LogP contribution < -0.4 is 0 Å². The van der Waals surface area contributed by atoms with E-state index in [1.165, 1.54) is 5.56 Å². The van der Waals surface area contributed by atoms with Crippen LogP contribution in [0.25, 0.3) is 5.76 Å². The smallest absolute Gasteiger partial charge is 0.126 e. The summed E-state index contributed by atoms with van der Waals surface area (Å²) < 4.78 is 0. The topological polar surface area (TPSA) is 20.2 Å². The van der Waals surface area contributed by atoms with Gasteiger partial charge in [0, 0.05) is 17.1 Å². The van der Waals surface area contributed by atoms with Gasteiger partial charge in [-0.3, -0.25) is 0 Å². The zero-order chi connectivity index (χ0) is 10.3. The summed E-state index contributed by atoms with van der Waals surface area (Å²) in [5, 5.41) is 10.2. The Morgan fingerprint density at radius 1 is 1.13 bits per heavy atom. The van der Waals surface area contributed by atoms with Gasteiger partial charge in [-0.2, -0.15) is 0 Å². The van der Waals surface area contributed by atoms with Crippen molar-refractivity contribution in [3.63, 3.8) is 0 Å². The number of fused-ring (bicyclic) bond motifs is 2. The average molecular weight is 196 g/mol. The molecule has 0 aromatic heterocycles. The van der Waals surface area contributed by atoms with Gasteiger partial charge in [0.15, 0.2) is 0 Å². The Kier molecular flexibility index (Phi) is 1.78. The first-order valence-corrected chi connectivity index (χ1v) is 5.22. The maximum absolute atomic E-state index is 10.2. The Morgan fingerprint density at radius 3 is 2.93 bits per heavy atom. The molecule has 0 radical (unpaired) electrons. The van der Waals surface area contributed by atoms with Gasteiger partial charge in [0.05, 0.1) is 0 Å². The quantitative estimate of drug-likeness (QED) is 0.675. The first-order valence-electron chi connectivity index (χ1n) is 5.22. The Labute approximate surface area is 89.1 Å². The van der Waals surface area contributed by atoms with Gasteiger partial charge in [0.1, 0.15) is 5.76 Å². The van der Waals surface area contributed by atoms with Crippen LogP contribution in [0.4, 0.5) is 0 Å². The summed E-state index contributed by atoms with van der Waals surface area (Å²) in [6.07, 6.45) is 9.19. The van der Waals surface area contributed by atoms with Crippen LogP contribution in [-0.2, 0) is 6.42 Å². The van der Waals surface area contributed by atoms with Crippen molar-refractivity contribution in [3.05, 3.63) is 65.3 Å². The van der Waals surface area contributed by atoms with Crippen molar-refractivity contribution in [1.82, 2.24) is 0 Å². The molecule has 0 saturated heterocycles. The number of allylic oxidation sites excluding steroid dienone is 5. The van der Waals surface area contributed by atoms with E-state index in [1.807, 2.05) is 30.4 Å². The zero-order valence-corrected chi connectivity index (χ0v) is 8.35.